The molecule has 9 heteroatoms. The Labute approximate surface area is 178 Å². The molecule has 1 aromatic heterocycles. The number of benzene rings is 2. The largest absolute Gasteiger partial charge is 0.496 e. The molecule has 3 aromatic rings. The van der Waals surface area contributed by atoms with Gasteiger partial charge in [-0.1, -0.05) is 0 Å². The highest BCUT2D eigenvalue weighted by Crippen LogP contribution is 2.30. The molecule has 31 heavy (non-hydrogen) atoms. The van der Waals surface area contributed by atoms with Crippen LogP contribution in [0.2, 0.25) is 0 Å². The van der Waals surface area contributed by atoms with Crippen molar-refractivity contribution in [2.45, 2.75) is 32.4 Å². The van der Waals surface area contributed by atoms with Crippen LogP contribution in [0.15, 0.2) is 41.2 Å². The number of hydrogen-bond donors (Lipinski definition) is 0. The number of imidazole rings is 1. The molecule has 0 saturated carbocycles. The molecule has 0 aliphatic carbocycles. The van der Waals surface area contributed by atoms with E-state index in [0.29, 0.717) is 36.9 Å². The number of hydrogen-bond acceptors (Lipinski definition) is 6. The van der Waals surface area contributed by atoms with Gasteiger partial charge in [-0.2, -0.15) is 0 Å². The molecule has 9 nitrogen and oxygen atoms in total. The van der Waals surface area contributed by atoms with Gasteiger partial charge in [0.05, 0.1) is 42.3 Å². The summed E-state index contributed by atoms with van der Waals surface area (Å²) in [6.45, 7) is 3.92. The van der Waals surface area contributed by atoms with Gasteiger partial charge in [-0.25, -0.2) is 4.79 Å². The first kappa shape index (κ1) is 20.9. The van der Waals surface area contributed by atoms with Crippen LogP contribution in [0.5, 0.6) is 11.5 Å². The highest BCUT2D eigenvalue weighted by atomic mass is 16.6. The SMILES string of the molecule is CCOc1ccc2c(c1)n(C1CCOCC1)c(=O)n2Cc1ccc([N+](=O)[O-])cc1OC. The van der Waals surface area contributed by atoms with Gasteiger partial charge in [0.2, 0.25) is 0 Å². The highest BCUT2D eigenvalue weighted by molar-refractivity contribution is 5.78. The predicted molar refractivity (Wildman–Crippen MR) is 115 cm³/mol. The van der Waals surface area contributed by atoms with Crippen LogP contribution in [0, 0.1) is 10.1 Å². The van der Waals surface area contributed by atoms with E-state index in [1.165, 1.54) is 19.2 Å². The molecule has 0 bridgehead atoms. The molecule has 0 spiro atoms. The molecule has 2 aromatic carbocycles. The van der Waals surface area contributed by atoms with Gasteiger partial charge in [-0.05, 0) is 38.0 Å². The van der Waals surface area contributed by atoms with E-state index in [1.807, 2.05) is 29.7 Å². The van der Waals surface area contributed by atoms with Gasteiger partial charge >= 0.3 is 5.69 Å². The van der Waals surface area contributed by atoms with E-state index in [-0.39, 0.29) is 24.0 Å². The Hall–Kier alpha value is -3.33. The Morgan fingerprint density at radius 1 is 1.16 bits per heavy atom. The maximum absolute atomic E-state index is 13.5. The monoisotopic (exact) mass is 427 g/mol. The van der Waals surface area contributed by atoms with Crippen LogP contribution in [0.25, 0.3) is 11.0 Å². The summed E-state index contributed by atoms with van der Waals surface area (Å²) in [5, 5.41) is 11.1. The third-order valence-electron chi connectivity index (χ3n) is 5.61. The van der Waals surface area contributed by atoms with Gasteiger partial charge in [-0.3, -0.25) is 19.2 Å². The van der Waals surface area contributed by atoms with Crippen molar-refractivity contribution in [2.75, 3.05) is 26.9 Å². The second kappa shape index (κ2) is 8.81. The molecule has 1 aliphatic heterocycles. The van der Waals surface area contributed by atoms with Crippen molar-refractivity contribution in [1.82, 2.24) is 9.13 Å². The zero-order valence-corrected chi connectivity index (χ0v) is 17.6. The fourth-order valence-electron chi connectivity index (χ4n) is 4.11. The number of rotatable bonds is 7. The van der Waals surface area contributed by atoms with Crippen LogP contribution < -0.4 is 15.2 Å². The van der Waals surface area contributed by atoms with Crippen LogP contribution in [0.1, 0.15) is 31.4 Å². The van der Waals surface area contributed by atoms with Gasteiger partial charge in [0, 0.05) is 37.0 Å². The van der Waals surface area contributed by atoms with E-state index in [9.17, 15) is 14.9 Å². The Morgan fingerprint density at radius 3 is 2.61 bits per heavy atom. The molecule has 4 rings (SSSR count). The second-order valence-corrected chi connectivity index (χ2v) is 7.42. The van der Waals surface area contributed by atoms with Crippen LogP contribution in [-0.2, 0) is 11.3 Å². The summed E-state index contributed by atoms with van der Waals surface area (Å²) >= 11 is 0. The molecule has 0 atom stereocenters. The van der Waals surface area contributed by atoms with Crippen molar-refractivity contribution in [3.8, 4) is 11.5 Å². The summed E-state index contributed by atoms with van der Waals surface area (Å²) in [7, 11) is 1.46. The lowest BCUT2D eigenvalue weighted by atomic mass is 10.1. The van der Waals surface area contributed by atoms with E-state index < -0.39 is 4.92 Å². The lowest BCUT2D eigenvalue weighted by molar-refractivity contribution is -0.384. The number of nitro benzene ring substituents is 1. The normalized spacial score (nSPS) is 14.6. The first-order valence-corrected chi connectivity index (χ1v) is 10.3. The third-order valence-corrected chi connectivity index (χ3v) is 5.61. The minimum absolute atomic E-state index is 0.0423. The van der Waals surface area contributed by atoms with Crippen LogP contribution in [-0.4, -0.2) is 41.0 Å². The van der Waals surface area contributed by atoms with Gasteiger partial charge in [-0.15, -0.1) is 0 Å². The molecule has 0 radical (unpaired) electrons. The minimum Gasteiger partial charge on any atom is -0.496 e. The Morgan fingerprint density at radius 2 is 1.94 bits per heavy atom. The highest BCUT2D eigenvalue weighted by Gasteiger charge is 2.24. The number of non-ortho nitro benzene ring substituents is 1. The number of nitro groups is 1. The van der Waals surface area contributed by atoms with Crippen LogP contribution in [0.3, 0.4) is 0 Å². The van der Waals surface area contributed by atoms with E-state index in [1.54, 1.807) is 10.6 Å². The Balaban J connectivity index is 1.83. The summed E-state index contributed by atoms with van der Waals surface area (Å²) in [5.74, 6) is 1.08. The molecule has 1 saturated heterocycles. The third kappa shape index (κ3) is 4.00. The van der Waals surface area contributed by atoms with E-state index in [4.69, 9.17) is 14.2 Å². The number of methoxy groups -OCH3 is 1. The zero-order chi connectivity index (χ0) is 22.0. The van der Waals surface area contributed by atoms with Gasteiger partial charge < -0.3 is 14.2 Å². The lowest BCUT2D eigenvalue weighted by Crippen LogP contribution is -2.31. The van der Waals surface area contributed by atoms with Crippen molar-refractivity contribution in [2.24, 2.45) is 0 Å². The lowest BCUT2D eigenvalue weighted by Gasteiger charge is -2.23. The fraction of sp³-hybridized carbons (Fsp3) is 0.409. The molecule has 0 N–H and O–H groups in total. The molecule has 1 fully saturated rings. The second-order valence-electron chi connectivity index (χ2n) is 7.42. The van der Waals surface area contributed by atoms with Crippen molar-refractivity contribution in [3.63, 3.8) is 0 Å². The topological polar surface area (TPSA) is 97.8 Å². The summed E-state index contributed by atoms with van der Waals surface area (Å²) in [6, 6.07) is 10.1. The standard InChI is InChI=1S/C22H25N3O6/c1-3-31-18-6-7-19-20(13-18)24(16-8-10-30-11-9-16)22(26)23(19)14-15-4-5-17(25(27)28)12-21(15)29-2/h4-7,12-13,16H,3,8-11,14H2,1-2H3. The molecule has 164 valence electrons. The molecule has 2 heterocycles. The first-order valence-electron chi connectivity index (χ1n) is 10.3. The van der Waals surface area contributed by atoms with Crippen LogP contribution >= 0.6 is 0 Å². The van der Waals surface area contributed by atoms with Crippen LogP contribution in [0.4, 0.5) is 5.69 Å². The van der Waals surface area contributed by atoms with Crippen molar-refractivity contribution in [1.29, 1.82) is 0 Å². The molecule has 0 amide bonds. The summed E-state index contributed by atoms with van der Waals surface area (Å²) in [6.07, 6.45) is 1.53. The van der Waals surface area contributed by atoms with Gasteiger partial charge in [0.15, 0.2) is 0 Å². The molecular weight excluding hydrogens is 402 g/mol. The number of aromatic nitrogens is 2. The first-order chi connectivity index (χ1) is 15.0. The van der Waals surface area contributed by atoms with Gasteiger partial charge in [0.25, 0.3) is 5.69 Å². The zero-order valence-electron chi connectivity index (χ0n) is 17.6. The van der Waals surface area contributed by atoms with E-state index in [0.717, 1.165) is 23.9 Å². The smallest absolute Gasteiger partial charge is 0.329 e. The molecular formula is C22H25N3O6. The number of fused-ring (bicyclic) bond motifs is 1. The average Bonchev–Trinajstić information content (AvgIpc) is 3.05. The molecule has 0 unspecified atom stereocenters. The minimum atomic E-state index is -0.468. The maximum Gasteiger partial charge on any atom is 0.329 e. The fourth-order valence-corrected chi connectivity index (χ4v) is 4.11. The van der Waals surface area contributed by atoms with E-state index >= 15 is 0 Å². The van der Waals surface area contributed by atoms with Crippen molar-refractivity contribution >= 4 is 16.7 Å². The number of nitrogens with zero attached hydrogens (tertiary/aromatic N) is 3. The Kier molecular flexibility index (Phi) is 5.94. The van der Waals surface area contributed by atoms with E-state index in [2.05, 4.69) is 0 Å². The summed E-state index contributed by atoms with van der Waals surface area (Å²) in [4.78, 5) is 24.2. The predicted octanol–water partition coefficient (Wildman–Crippen LogP) is 3.52. The molecule has 1 aliphatic rings. The van der Waals surface area contributed by atoms with Gasteiger partial charge in [0.1, 0.15) is 11.5 Å². The summed E-state index contributed by atoms with van der Waals surface area (Å²) < 4.78 is 20.0. The number of ether oxygens (including phenoxy) is 3. The van der Waals surface area contributed by atoms with Crippen molar-refractivity contribution in [3.05, 3.63) is 62.6 Å². The summed E-state index contributed by atoms with van der Waals surface area (Å²) in [5.41, 5.74) is 2.09. The van der Waals surface area contributed by atoms with Crippen molar-refractivity contribution < 1.29 is 19.1 Å². The maximum atomic E-state index is 13.5. The Bertz CT molecular complexity index is 1160. The quantitative estimate of drug-likeness (QED) is 0.423. The average molecular weight is 427 g/mol.